The summed E-state index contributed by atoms with van der Waals surface area (Å²) in [5.41, 5.74) is 4.36. The minimum atomic E-state index is -0.561. The summed E-state index contributed by atoms with van der Waals surface area (Å²) in [6.45, 7) is 5.49. The summed E-state index contributed by atoms with van der Waals surface area (Å²) in [6.07, 6.45) is 8.64. The Morgan fingerprint density at radius 2 is 2.00 bits per heavy atom. The fourth-order valence-electron chi connectivity index (χ4n) is 2.93. The van der Waals surface area contributed by atoms with Crippen LogP contribution in [-0.4, -0.2) is 27.1 Å². The van der Waals surface area contributed by atoms with Crippen LogP contribution in [0.3, 0.4) is 0 Å². The summed E-state index contributed by atoms with van der Waals surface area (Å²) >= 11 is 0. The molecule has 1 aliphatic heterocycles. The standard InChI is InChI=1S/C17H22N4O/c1-13(2)8-17-16-11-20(9-14-4-6-18-7-5-14)10-15(16)12-21(3,22)19-17/h4-7,10-11,13H,8-9,12H2,1-3H3. The maximum Gasteiger partial charge on any atom is 0.130 e. The Bertz CT molecular complexity index is 686. The van der Waals surface area contributed by atoms with Gasteiger partial charge >= 0.3 is 0 Å². The molecule has 0 bridgehead atoms. The number of fused-ring (bicyclic) bond motifs is 1. The Labute approximate surface area is 131 Å². The fourth-order valence-corrected chi connectivity index (χ4v) is 2.93. The van der Waals surface area contributed by atoms with Gasteiger partial charge in [0, 0.05) is 42.5 Å². The van der Waals surface area contributed by atoms with Crippen LogP contribution in [0.25, 0.3) is 0 Å². The Morgan fingerprint density at radius 3 is 2.68 bits per heavy atom. The number of nitrogens with zero attached hydrogens (tertiary/aromatic N) is 4. The zero-order valence-electron chi connectivity index (χ0n) is 13.4. The highest BCUT2D eigenvalue weighted by Crippen LogP contribution is 2.27. The van der Waals surface area contributed by atoms with E-state index in [1.807, 2.05) is 12.1 Å². The summed E-state index contributed by atoms with van der Waals surface area (Å²) in [6, 6.07) is 4.02. The number of hydrogen-bond acceptors (Lipinski definition) is 3. The Hall–Kier alpha value is -1.98. The topological polar surface area (TPSA) is 53.2 Å². The van der Waals surface area contributed by atoms with E-state index < -0.39 is 4.76 Å². The molecule has 116 valence electrons. The molecule has 22 heavy (non-hydrogen) atoms. The van der Waals surface area contributed by atoms with Crippen molar-refractivity contribution in [3.8, 4) is 0 Å². The van der Waals surface area contributed by atoms with Crippen molar-refractivity contribution in [2.75, 3.05) is 7.05 Å². The molecule has 0 aromatic carbocycles. The number of rotatable bonds is 4. The van der Waals surface area contributed by atoms with Gasteiger partial charge in [-0.05, 0) is 30.0 Å². The van der Waals surface area contributed by atoms with E-state index in [1.165, 1.54) is 5.56 Å². The molecular formula is C17H22N4O. The second-order valence-electron chi connectivity index (χ2n) is 6.58. The highest BCUT2D eigenvalue weighted by molar-refractivity contribution is 6.01. The van der Waals surface area contributed by atoms with Crippen LogP contribution in [0.1, 0.15) is 37.0 Å². The van der Waals surface area contributed by atoms with E-state index in [-0.39, 0.29) is 0 Å². The average molecular weight is 298 g/mol. The van der Waals surface area contributed by atoms with Gasteiger partial charge in [0.1, 0.15) is 12.3 Å². The molecule has 0 aliphatic carbocycles. The Balaban J connectivity index is 1.91. The molecule has 2 aromatic rings. The van der Waals surface area contributed by atoms with E-state index in [0.717, 1.165) is 29.8 Å². The van der Waals surface area contributed by atoms with Crippen molar-refractivity contribution in [3.63, 3.8) is 0 Å². The number of hydroxylamine groups is 2. The van der Waals surface area contributed by atoms with Crippen LogP contribution in [0.5, 0.6) is 0 Å². The molecule has 1 unspecified atom stereocenters. The highest BCUT2D eigenvalue weighted by Gasteiger charge is 2.26. The number of quaternary nitrogens is 1. The molecule has 0 spiro atoms. The lowest BCUT2D eigenvalue weighted by molar-refractivity contribution is -0.882. The molecule has 0 fully saturated rings. The van der Waals surface area contributed by atoms with Crippen molar-refractivity contribution in [3.05, 3.63) is 58.8 Å². The van der Waals surface area contributed by atoms with Crippen LogP contribution in [0.4, 0.5) is 0 Å². The first kappa shape index (κ1) is 14.9. The van der Waals surface area contributed by atoms with Crippen molar-refractivity contribution >= 4 is 5.71 Å². The van der Waals surface area contributed by atoms with Crippen molar-refractivity contribution < 1.29 is 4.76 Å². The maximum atomic E-state index is 12.4. The van der Waals surface area contributed by atoms with Gasteiger partial charge in [-0.25, -0.2) is 4.76 Å². The second kappa shape index (κ2) is 5.66. The lowest BCUT2D eigenvalue weighted by Crippen LogP contribution is -2.36. The molecule has 0 N–H and O–H groups in total. The number of aromatic nitrogens is 2. The highest BCUT2D eigenvalue weighted by atomic mass is 16.6. The van der Waals surface area contributed by atoms with Gasteiger partial charge in [-0.3, -0.25) is 4.98 Å². The van der Waals surface area contributed by atoms with Crippen LogP contribution < -0.4 is 0 Å². The van der Waals surface area contributed by atoms with Gasteiger partial charge < -0.3 is 9.77 Å². The number of hydrogen-bond donors (Lipinski definition) is 0. The summed E-state index contributed by atoms with van der Waals surface area (Å²) in [5.74, 6) is 0.480. The van der Waals surface area contributed by atoms with Gasteiger partial charge in [-0.15, -0.1) is 0 Å². The van der Waals surface area contributed by atoms with Gasteiger partial charge in [0.05, 0.1) is 7.05 Å². The minimum Gasteiger partial charge on any atom is -0.604 e. The summed E-state index contributed by atoms with van der Waals surface area (Å²) < 4.78 is 1.58. The largest absolute Gasteiger partial charge is 0.604 e. The van der Waals surface area contributed by atoms with Crippen LogP contribution >= 0.6 is 0 Å². The van der Waals surface area contributed by atoms with E-state index in [0.29, 0.717) is 12.5 Å². The molecule has 1 aliphatic rings. The first-order chi connectivity index (χ1) is 10.4. The maximum absolute atomic E-state index is 12.4. The fraction of sp³-hybridized carbons (Fsp3) is 0.412. The Morgan fingerprint density at radius 1 is 1.27 bits per heavy atom. The van der Waals surface area contributed by atoms with Crippen molar-refractivity contribution in [2.24, 2.45) is 11.0 Å². The summed E-state index contributed by atoms with van der Waals surface area (Å²) in [5, 5.41) is 16.8. The normalized spacial score (nSPS) is 20.9. The molecule has 3 heterocycles. The molecule has 2 aromatic heterocycles. The molecule has 1 atom stereocenters. The monoisotopic (exact) mass is 298 g/mol. The molecule has 5 nitrogen and oxygen atoms in total. The molecule has 0 saturated carbocycles. The van der Waals surface area contributed by atoms with Crippen molar-refractivity contribution in [1.82, 2.24) is 9.55 Å². The zero-order valence-corrected chi connectivity index (χ0v) is 13.4. The van der Waals surface area contributed by atoms with Gasteiger partial charge in [0.25, 0.3) is 0 Å². The van der Waals surface area contributed by atoms with Gasteiger partial charge in [-0.2, -0.15) is 0 Å². The molecule has 0 radical (unpaired) electrons. The van der Waals surface area contributed by atoms with Gasteiger partial charge in [0.2, 0.25) is 0 Å². The molecular weight excluding hydrogens is 276 g/mol. The van der Waals surface area contributed by atoms with Gasteiger partial charge in [0.15, 0.2) is 0 Å². The van der Waals surface area contributed by atoms with Crippen LogP contribution in [-0.2, 0) is 13.1 Å². The average Bonchev–Trinajstić information content (AvgIpc) is 2.80. The molecule has 5 heteroatoms. The van der Waals surface area contributed by atoms with Crippen LogP contribution in [0.15, 0.2) is 42.0 Å². The minimum absolute atomic E-state index is 0.403. The SMILES string of the molecule is CC(C)CC1=N[N+](C)([O-])Cc2cn(Cc3ccncc3)cc21. The van der Waals surface area contributed by atoms with Crippen LogP contribution in [0, 0.1) is 11.1 Å². The van der Waals surface area contributed by atoms with E-state index in [2.05, 4.69) is 40.9 Å². The second-order valence-corrected chi connectivity index (χ2v) is 6.58. The first-order valence-corrected chi connectivity index (χ1v) is 7.66. The Kier molecular flexibility index (Phi) is 3.85. The summed E-state index contributed by atoms with van der Waals surface area (Å²) in [7, 11) is 1.61. The van der Waals surface area contributed by atoms with E-state index in [4.69, 9.17) is 0 Å². The lowest BCUT2D eigenvalue weighted by atomic mass is 9.98. The smallest absolute Gasteiger partial charge is 0.130 e. The zero-order chi connectivity index (χ0) is 15.7. The van der Waals surface area contributed by atoms with Crippen LogP contribution in [0.2, 0.25) is 0 Å². The van der Waals surface area contributed by atoms with E-state index in [1.54, 1.807) is 19.4 Å². The number of pyridine rings is 1. The third-order valence-electron chi connectivity index (χ3n) is 3.79. The van der Waals surface area contributed by atoms with Crippen molar-refractivity contribution in [1.29, 1.82) is 0 Å². The van der Waals surface area contributed by atoms with Crippen molar-refractivity contribution in [2.45, 2.75) is 33.4 Å². The third-order valence-corrected chi connectivity index (χ3v) is 3.79. The van der Waals surface area contributed by atoms with E-state index >= 15 is 0 Å². The molecule has 0 saturated heterocycles. The lowest BCUT2D eigenvalue weighted by Gasteiger charge is -2.35. The predicted molar refractivity (Wildman–Crippen MR) is 87.0 cm³/mol. The summed E-state index contributed by atoms with van der Waals surface area (Å²) in [4.78, 5) is 4.04. The third kappa shape index (κ3) is 3.26. The van der Waals surface area contributed by atoms with Gasteiger partial charge in [-0.1, -0.05) is 18.9 Å². The molecule has 0 amide bonds. The molecule has 3 rings (SSSR count). The quantitative estimate of drug-likeness (QED) is 0.643. The van der Waals surface area contributed by atoms with E-state index in [9.17, 15) is 5.21 Å². The first-order valence-electron chi connectivity index (χ1n) is 7.66. The predicted octanol–water partition coefficient (Wildman–Crippen LogP) is 3.14.